The van der Waals surface area contributed by atoms with Gasteiger partial charge < -0.3 is 14.2 Å². The van der Waals surface area contributed by atoms with Crippen molar-refractivity contribution in [1.82, 2.24) is 9.80 Å². The normalized spacial score (nSPS) is 33.8. The quantitative estimate of drug-likeness (QED) is 0.691. The summed E-state index contributed by atoms with van der Waals surface area (Å²) in [4.78, 5) is 5.04. The van der Waals surface area contributed by atoms with Gasteiger partial charge in [-0.15, -0.1) is 0 Å². The predicted octanol–water partition coefficient (Wildman–Crippen LogP) is 4.42. The minimum atomic E-state index is 0.331. The third kappa shape index (κ3) is 4.26. The molecule has 5 heteroatoms. The average molecular weight is 421 g/mol. The van der Waals surface area contributed by atoms with E-state index in [4.69, 9.17) is 14.2 Å². The molecule has 0 aliphatic carbocycles. The van der Waals surface area contributed by atoms with Crippen LogP contribution < -0.4 is 14.2 Å². The summed E-state index contributed by atoms with van der Waals surface area (Å²) in [7, 11) is 0. The van der Waals surface area contributed by atoms with E-state index in [9.17, 15) is 0 Å². The molecule has 2 atom stereocenters. The van der Waals surface area contributed by atoms with Crippen LogP contribution in [0.25, 0.3) is 0 Å². The molecule has 6 fully saturated rings. The topological polar surface area (TPSA) is 34.2 Å². The molecule has 2 aromatic carbocycles. The van der Waals surface area contributed by atoms with E-state index in [1.165, 1.54) is 51.9 Å². The first kappa shape index (κ1) is 19.4. The minimum absolute atomic E-state index is 0.331. The predicted molar refractivity (Wildman–Crippen MR) is 120 cm³/mol. The summed E-state index contributed by atoms with van der Waals surface area (Å²) in [5.74, 6) is 4.95. The SMILES string of the molecule is c1cc(OC2CN3CCC2CC3)ccc1Oc1ccc(OC2CN3CCC2CC3)cc1. The number of rotatable bonds is 6. The van der Waals surface area contributed by atoms with Gasteiger partial charge in [0.2, 0.25) is 0 Å². The molecule has 0 spiro atoms. The van der Waals surface area contributed by atoms with Gasteiger partial charge in [-0.3, -0.25) is 9.80 Å². The Balaban J connectivity index is 1.03. The highest BCUT2D eigenvalue weighted by atomic mass is 16.5. The van der Waals surface area contributed by atoms with E-state index in [0.717, 1.165) is 36.1 Å². The molecule has 164 valence electrons. The number of benzene rings is 2. The molecule has 0 aromatic heterocycles. The molecule has 5 nitrogen and oxygen atoms in total. The van der Waals surface area contributed by atoms with Gasteiger partial charge in [0.15, 0.2) is 0 Å². The Labute approximate surface area is 184 Å². The van der Waals surface area contributed by atoms with Gasteiger partial charge in [0, 0.05) is 13.1 Å². The maximum atomic E-state index is 6.29. The number of hydrogen-bond donors (Lipinski definition) is 0. The smallest absolute Gasteiger partial charge is 0.127 e. The Hall–Kier alpha value is -2.24. The zero-order valence-corrected chi connectivity index (χ0v) is 18.1. The zero-order valence-electron chi connectivity index (χ0n) is 18.1. The summed E-state index contributed by atoms with van der Waals surface area (Å²) in [6.45, 7) is 7.08. The molecule has 2 unspecified atom stereocenters. The highest BCUT2D eigenvalue weighted by Crippen LogP contribution is 2.33. The lowest BCUT2D eigenvalue weighted by Gasteiger charge is -2.44. The fraction of sp³-hybridized carbons (Fsp3) is 0.538. The molecule has 0 N–H and O–H groups in total. The molecule has 0 amide bonds. The zero-order chi connectivity index (χ0) is 20.6. The lowest BCUT2D eigenvalue weighted by molar-refractivity contribution is -0.00779. The maximum absolute atomic E-state index is 6.29. The van der Waals surface area contributed by atoms with Crippen molar-refractivity contribution < 1.29 is 14.2 Å². The van der Waals surface area contributed by atoms with Crippen LogP contribution in [0.2, 0.25) is 0 Å². The first-order valence-electron chi connectivity index (χ1n) is 11.9. The van der Waals surface area contributed by atoms with Gasteiger partial charge in [-0.1, -0.05) is 0 Å². The summed E-state index contributed by atoms with van der Waals surface area (Å²) in [6, 6.07) is 16.1. The van der Waals surface area contributed by atoms with E-state index < -0.39 is 0 Å². The second kappa shape index (κ2) is 8.36. The van der Waals surface area contributed by atoms with Crippen LogP contribution in [0, 0.1) is 11.8 Å². The number of nitrogens with zero attached hydrogens (tertiary/aromatic N) is 2. The van der Waals surface area contributed by atoms with E-state index in [0.29, 0.717) is 24.0 Å². The van der Waals surface area contributed by atoms with Gasteiger partial charge in [-0.2, -0.15) is 0 Å². The van der Waals surface area contributed by atoms with Gasteiger partial charge >= 0.3 is 0 Å². The van der Waals surface area contributed by atoms with E-state index >= 15 is 0 Å². The molecule has 0 saturated carbocycles. The van der Waals surface area contributed by atoms with Gasteiger partial charge in [0.1, 0.15) is 35.2 Å². The van der Waals surface area contributed by atoms with E-state index in [-0.39, 0.29) is 0 Å². The largest absolute Gasteiger partial charge is 0.489 e. The van der Waals surface area contributed by atoms with E-state index in [2.05, 4.69) is 9.80 Å². The van der Waals surface area contributed by atoms with Gasteiger partial charge in [0.05, 0.1) is 0 Å². The Kier molecular flexibility index (Phi) is 5.24. The molecular weight excluding hydrogens is 388 g/mol. The lowest BCUT2D eigenvalue weighted by Crippen LogP contribution is -2.52. The third-order valence-electron chi connectivity index (χ3n) is 7.65. The second-order valence-electron chi connectivity index (χ2n) is 9.63. The van der Waals surface area contributed by atoms with Crippen LogP contribution in [-0.4, -0.2) is 61.3 Å². The van der Waals surface area contributed by atoms with E-state index in [1.807, 2.05) is 48.5 Å². The van der Waals surface area contributed by atoms with E-state index in [1.54, 1.807) is 0 Å². The molecule has 31 heavy (non-hydrogen) atoms. The molecular formula is C26H32N2O3. The molecule has 6 heterocycles. The molecule has 0 radical (unpaired) electrons. The molecule has 6 saturated heterocycles. The fourth-order valence-corrected chi connectivity index (χ4v) is 5.75. The Bertz CT molecular complexity index is 795. The van der Waals surface area contributed by atoms with Crippen LogP contribution >= 0.6 is 0 Å². The maximum Gasteiger partial charge on any atom is 0.127 e. The van der Waals surface area contributed by atoms with Crippen molar-refractivity contribution in [2.24, 2.45) is 11.8 Å². The highest BCUT2D eigenvalue weighted by molar-refractivity contribution is 5.37. The number of ether oxygens (including phenoxy) is 3. The summed E-state index contributed by atoms with van der Waals surface area (Å²) in [5, 5.41) is 0. The third-order valence-corrected chi connectivity index (χ3v) is 7.65. The molecule has 4 bridgehead atoms. The monoisotopic (exact) mass is 420 g/mol. The van der Waals surface area contributed by atoms with Crippen molar-refractivity contribution in [3.8, 4) is 23.0 Å². The van der Waals surface area contributed by atoms with Crippen LogP contribution in [0.15, 0.2) is 48.5 Å². The van der Waals surface area contributed by atoms with Crippen molar-refractivity contribution >= 4 is 0 Å². The summed E-state index contributed by atoms with van der Waals surface area (Å²) in [6.07, 6.45) is 5.74. The van der Waals surface area contributed by atoms with Crippen LogP contribution in [-0.2, 0) is 0 Å². The van der Waals surface area contributed by atoms with Gasteiger partial charge in [0.25, 0.3) is 0 Å². The molecule has 6 aliphatic rings. The molecule has 8 rings (SSSR count). The number of piperidine rings is 6. The Morgan fingerprint density at radius 1 is 0.516 bits per heavy atom. The van der Waals surface area contributed by atoms with Gasteiger partial charge in [-0.25, -0.2) is 0 Å². The van der Waals surface area contributed by atoms with Crippen LogP contribution in [0.4, 0.5) is 0 Å². The minimum Gasteiger partial charge on any atom is -0.489 e. The van der Waals surface area contributed by atoms with Crippen LogP contribution in [0.3, 0.4) is 0 Å². The fourth-order valence-electron chi connectivity index (χ4n) is 5.75. The first-order valence-corrected chi connectivity index (χ1v) is 11.9. The van der Waals surface area contributed by atoms with Crippen molar-refractivity contribution in [3.63, 3.8) is 0 Å². The molecule has 2 aromatic rings. The van der Waals surface area contributed by atoms with Crippen LogP contribution in [0.1, 0.15) is 25.7 Å². The summed E-state index contributed by atoms with van der Waals surface area (Å²) in [5.41, 5.74) is 0. The lowest BCUT2D eigenvalue weighted by atomic mass is 9.86. The highest BCUT2D eigenvalue weighted by Gasteiger charge is 2.36. The summed E-state index contributed by atoms with van der Waals surface area (Å²) < 4.78 is 18.6. The van der Waals surface area contributed by atoms with Gasteiger partial charge in [-0.05, 0) is 112 Å². The second-order valence-corrected chi connectivity index (χ2v) is 9.63. The molecule has 6 aliphatic heterocycles. The Morgan fingerprint density at radius 2 is 0.871 bits per heavy atom. The first-order chi connectivity index (χ1) is 15.3. The number of hydrogen-bond acceptors (Lipinski definition) is 5. The van der Waals surface area contributed by atoms with Crippen molar-refractivity contribution in [2.75, 3.05) is 39.3 Å². The average Bonchev–Trinajstić information content (AvgIpc) is 2.83. The van der Waals surface area contributed by atoms with Crippen LogP contribution in [0.5, 0.6) is 23.0 Å². The standard InChI is InChI=1S/C26H32N2O3/c1-5-23(30-25-17-27-13-9-19(25)10-14-27)6-2-21(1)29-22-3-7-24(8-4-22)31-26-18-28-15-11-20(26)12-16-28/h1-8,19-20,25-26H,9-18H2. The Morgan fingerprint density at radius 3 is 1.19 bits per heavy atom. The number of fused-ring (bicyclic) bond motifs is 6. The van der Waals surface area contributed by atoms with Crippen molar-refractivity contribution in [1.29, 1.82) is 0 Å². The summed E-state index contributed by atoms with van der Waals surface area (Å²) >= 11 is 0. The van der Waals surface area contributed by atoms with Crippen molar-refractivity contribution in [2.45, 2.75) is 37.9 Å². The van der Waals surface area contributed by atoms with Crippen molar-refractivity contribution in [3.05, 3.63) is 48.5 Å².